The van der Waals surface area contributed by atoms with Gasteiger partial charge in [-0.25, -0.2) is 4.79 Å². The van der Waals surface area contributed by atoms with Gasteiger partial charge in [0.15, 0.2) is 6.04 Å². The number of nitrogens with one attached hydrogen (secondary N) is 1. The molecule has 0 heterocycles. The predicted octanol–water partition coefficient (Wildman–Crippen LogP) is 0.433. The van der Waals surface area contributed by atoms with Crippen molar-refractivity contribution in [2.45, 2.75) is 13.0 Å². The molecule has 1 rings (SSSR count). The van der Waals surface area contributed by atoms with Crippen LogP contribution in [0.1, 0.15) is 17.3 Å². The van der Waals surface area contributed by atoms with Gasteiger partial charge in [0.05, 0.1) is 0 Å². The minimum Gasteiger partial charge on any atom is -0.480 e. The minimum atomic E-state index is -1.26. The van der Waals surface area contributed by atoms with Crippen molar-refractivity contribution >= 4 is 17.8 Å². The number of hydrogen-bond donors (Lipinski definition) is 2. The van der Waals surface area contributed by atoms with E-state index in [0.29, 0.717) is 5.56 Å². The zero-order valence-electron chi connectivity index (χ0n) is 9.75. The highest BCUT2D eigenvalue weighted by atomic mass is 16.5. The molecular formula is C12H13NO5. The van der Waals surface area contributed by atoms with Crippen molar-refractivity contribution < 1.29 is 24.2 Å². The third-order valence-corrected chi connectivity index (χ3v) is 2.09. The Kier molecular flexibility index (Phi) is 4.86. The molecule has 0 bridgehead atoms. The third kappa shape index (κ3) is 4.25. The van der Waals surface area contributed by atoms with Gasteiger partial charge in [-0.15, -0.1) is 0 Å². The van der Waals surface area contributed by atoms with Gasteiger partial charge in [0.1, 0.15) is 6.61 Å². The first-order valence-electron chi connectivity index (χ1n) is 5.23. The van der Waals surface area contributed by atoms with E-state index in [-0.39, 0.29) is 0 Å². The Balaban J connectivity index is 2.64. The van der Waals surface area contributed by atoms with Gasteiger partial charge in [-0.2, -0.15) is 0 Å². The van der Waals surface area contributed by atoms with Crippen LogP contribution in [0.15, 0.2) is 30.3 Å². The van der Waals surface area contributed by atoms with Gasteiger partial charge in [0.2, 0.25) is 0 Å². The lowest BCUT2D eigenvalue weighted by atomic mass is 10.2. The highest BCUT2D eigenvalue weighted by Gasteiger charge is 2.21. The summed E-state index contributed by atoms with van der Waals surface area (Å²) >= 11 is 0. The second kappa shape index (κ2) is 6.39. The molecule has 1 aromatic rings. The molecule has 1 amide bonds. The second-order valence-corrected chi connectivity index (χ2v) is 3.53. The summed E-state index contributed by atoms with van der Waals surface area (Å²) in [6, 6.07) is 6.92. The number of benzene rings is 1. The first kappa shape index (κ1) is 13.7. The van der Waals surface area contributed by atoms with Crippen molar-refractivity contribution in [1.29, 1.82) is 0 Å². The highest BCUT2D eigenvalue weighted by Crippen LogP contribution is 1.99. The number of carboxylic acids is 1. The molecule has 0 saturated heterocycles. The van der Waals surface area contributed by atoms with Crippen LogP contribution in [0, 0.1) is 0 Å². The van der Waals surface area contributed by atoms with Crippen LogP contribution in [-0.4, -0.2) is 35.6 Å². The number of carboxylic acid groups (broad SMARTS) is 1. The molecule has 0 aliphatic carbocycles. The van der Waals surface area contributed by atoms with E-state index in [9.17, 15) is 14.4 Å². The van der Waals surface area contributed by atoms with Gasteiger partial charge in [0, 0.05) is 12.5 Å². The van der Waals surface area contributed by atoms with E-state index in [4.69, 9.17) is 5.11 Å². The Bertz CT molecular complexity index is 443. The molecule has 2 N–H and O–H groups in total. The number of carbonyl (C=O) groups excluding carboxylic acids is 2. The summed E-state index contributed by atoms with van der Waals surface area (Å²) in [6.45, 7) is 0.765. The lowest BCUT2D eigenvalue weighted by Gasteiger charge is -2.14. The Hall–Kier alpha value is -2.37. The first-order valence-corrected chi connectivity index (χ1v) is 5.23. The van der Waals surface area contributed by atoms with E-state index in [2.05, 4.69) is 10.1 Å². The molecule has 0 unspecified atom stereocenters. The summed E-state index contributed by atoms with van der Waals surface area (Å²) in [5.74, 6) is -2.40. The van der Waals surface area contributed by atoms with E-state index >= 15 is 0 Å². The number of rotatable bonds is 5. The number of aliphatic carboxylic acids is 1. The van der Waals surface area contributed by atoms with Gasteiger partial charge in [0.25, 0.3) is 5.91 Å². The van der Waals surface area contributed by atoms with E-state index in [0.717, 1.165) is 6.92 Å². The van der Waals surface area contributed by atoms with Crippen LogP contribution in [0.25, 0.3) is 0 Å². The quantitative estimate of drug-likeness (QED) is 0.740. The maximum absolute atomic E-state index is 11.7. The Morgan fingerprint density at radius 2 is 1.89 bits per heavy atom. The standard InChI is InChI=1S/C12H13NO5/c1-8(14)18-7-10(12(16)17)13-11(15)9-5-3-2-4-6-9/h2-6,10H,7H2,1H3,(H,13,15)(H,16,17)/t10-/m0/s1. The number of ether oxygens (including phenoxy) is 1. The molecule has 0 radical (unpaired) electrons. The average molecular weight is 251 g/mol. The molecular weight excluding hydrogens is 238 g/mol. The second-order valence-electron chi connectivity index (χ2n) is 3.53. The minimum absolute atomic E-state index is 0.339. The van der Waals surface area contributed by atoms with E-state index in [1.807, 2.05) is 0 Å². The summed E-state index contributed by atoms with van der Waals surface area (Å²) in [7, 11) is 0. The van der Waals surface area contributed by atoms with Crippen LogP contribution >= 0.6 is 0 Å². The third-order valence-electron chi connectivity index (χ3n) is 2.09. The lowest BCUT2D eigenvalue weighted by Crippen LogP contribution is -2.44. The molecule has 0 aliphatic rings. The predicted molar refractivity (Wildman–Crippen MR) is 62.0 cm³/mol. The molecule has 18 heavy (non-hydrogen) atoms. The molecule has 0 aromatic heterocycles. The largest absolute Gasteiger partial charge is 0.480 e. The molecule has 0 fully saturated rings. The average Bonchev–Trinajstić information content (AvgIpc) is 2.34. The molecule has 6 heteroatoms. The van der Waals surface area contributed by atoms with Crippen LogP contribution in [0.5, 0.6) is 0 Å². The van der Waals surface area contributed by atoms with Crippen molar-refractivity contribution in [3.8, 4) is 0 Å². The van der Waals surface area contributed by atoms with E-state index in [1.54, 1.807) is 30.3 Å². The molecule has 6 nitrogen and oxygen atoms in total. The van der Waals surface area contributed by atoms with E-state index in [1.165, 1.54) is 0 Å². The summed E-state index contributed by atoms with van der Waals surface area (Å²) in [5.41, 5.74) is 0.339. The van der Waals surface area contributed by atoms with Crippen LogP contribution < -0.4 is 5.32 Å². The van der Waals surface area contributed by atoms with Gasteiger partial charge in [-0.3, -0.25) is 9.59 Å². The maximum atomic E-state index is 11.7. The molecule has 96 valence electrons. The maximum Gasteiger partial charge on any atom is 0.329 e. The Morgan fingerprint density at radius 1 is 1.28 bits per heavy atom. The van der Waals surface area contributed by atoms with Crippen molar-refractivity contribution in [1.82, 2.24) is 5.32 Å². The van der Waals surface area contributed by atoms with Gasteiger partial charge >= 0.3 is 11.9 Å². The number of carbonyl (C=O) groups is 3. The summed E-state index contributed by atoms with van der Waals surface area (Å²) < 4.78 is 4.57. The Morgan fingerprint density at radius 3 is 2.39 bits per heavy atom. The fraction of sp³-hybridized carbons (Fsp3) is 0.250. The zero-order chi connectivity index (χ0) is 13.5. The fourth-order valence-electron chi connectivity index (χ4n) is 1.21. The van der Waals surface area contributed by atoms with Crippen LogP contribution in [0.2, 0.25) is 0 Å². The number of esters is 1. The van der Waals surface area contributed by atoms with E-state index < -0.39 is 30.5 Å². The monoisotopic (exact) mass is 251 g/mol. The lowest BCUT2D eigenvalue weighted by molar-refractivity contribution is -0.146. The van der Waals surface area contributed by atoms with Crippen molar-refractivity contribution in [3.63, 3.8) is 0 Å². The van der Waals surface area contributed by atoms with Crippen LogP contribution in [-0.2, 0) is 14.3 Å². The molecule has 0 saturated carbocycles. The van der Waals surface area contributed by atoms with Crippen molar-refractivity contribution in [2.75, 3.05) is 6.61 Å². The zero-order valence-corrected chi connectivity index (χ0v) is 9.75. The summed E-state index contributed by atoms with van der Waals surface area (Å²) in [4.78, 5) is 33.2. The topological polar surface area (TPSA) is 92.7 Å². The Labute approximate surface area is 104 Å². The molecule has 0 aliphatic heterocycles. The van der Waals surface area contributed by atoms with Crippen LogP contribution in [0.3, 0.4) is 0 Å². The van der Waals surface area contributed by atoms with Crippen molar-refractivity contribution in [3.05, 3.63) is 35.9 Å². The fourth-order valence-corrected chi connectivity index (χ4v) is 1.21. The summed E-state index contributed by atoms with van der Waals surface area (Å²) in [5, 5.41) is 11.1. The number of hydrogen-bond acceptors (Lipinski definition) is 4. The molecule has 0 spiro atoms. The number of amides is 1. The SMILES string of the molecule is CC(=O)OC[C@H](NC(=O)c1ccccc1)C(=O)O. The normalized spacial score (nSPS) is 11.4. The van der Waals surface area contributed by atoms with Gasteiger partial charge < -0.3 is 15.2 Å². The highest BCUT2D eigenvalue weighted by molar-refractivity contribution is 5.96. The molecule has 1 atom stereocenters. The molecule has 1 aromatic carbocycles. The van der Waals surface area contributed by atoms with Crippen LogP contribution in [0.4, 0.5) is 0 Å². The summed E-state index contributed by atoms with van der Waals surface area (Å²) in [6.07, 6.45) is 0. The van der Waals surface area contributed by atoms with Gasteiger partial charge in [-0.05, 0) is 12.1 Å². The van der Waals surface area contributed by atoms with Gasteiger partial charge in [-0.1, -0.05) is 18.2 Å². The first-order chi connectivity index (χ1) is 8.50. The smallest absolute Gasteiger partial charge is 0.329 e. The van der Waals surface area contributed by atoms with Crippen molar-refractivity contribution in [2.24, 2.45) is 0 Å².